The fourth-order valence-corrected chi connectivity index (χ4v) is 3.25. The molecule has 5 nitrogen and oxygen atoms in total. The number of hydrogen-bond acceptors (Lipinski definition) is 3. The second-order valence-electron chi connectivity index (χ2n) is 6.87. The van der Waals surface area contributed by atoms with Crippen LogP contribution in [0.4, 0.5) is 0 Å². The minimum atomic E-state index is -0.138. The van der Waals surface area contributed by atoms with Crippen LogP contribution in [0.15, 0.2) is 55.1 Å². The van der Waals surface area contributed by atoms with Gasteiger partial charge in [0.15, 0.2) is 6.61 Å². The molecule has 0 aliphatic heterocycles. The quantitative estimate of drug-likeness (QED) is 0.719. The first-order valence-corrected chi connectivity index (χ1v) is 9.02. The van der Waals surface area contributed by atoms with E-state index in [0.29, 0.717) is 0 Å². The molecule has 140 valence electrons. The summed E-state index contributed by atoms with van der Waals surface area (Å²) in [7, 11) is 0. The van der Waals surface area contributed by atoms with Gasteiger partial charge in [0.05, 0.1) is 12.4 Å². The van der Waals surface area contributed by atoms with Gasteiger partial charge in [-0.1, -0.05) is 29.8 Å². The Labute approximate surface area is 160 Å². The summed E-state index contributed by atoms with van der Waals surface area (Å²) in [5, 5.41) is 2.99. The lowest BCUT2D eigenvalue weighted by Gasteiger charge is -2.17. The Kier molecular flexibility index (Phi) is 5.60. The predicted octanol–water partition coefficient (Wildman–Crippen LogP) is 4.05. The largest absolute Gasteiger partial charge is 0.483 e. The number of carbonyl (C=O) groups excluding carboxylic acids is 1. The zero-order chi connectivity index (χ0) is 19.4. The molecule has 1 atom stereocenters. The van der Waals surface area contributed by atoms with E-state index >= 15 is 0 Å². The molecule has 2 aromatic carbocycles. The molecule has 1 N–H and O–H groups in total. The summed E-state index contributed by atoms with van der Waals surface area (Å²) in [4.78, 5) is 16.3. The summed E-state index contributed by atoms with van der Waals surface area (Å²) < 4.78 is 7.70. The molecule has 0 saturated carbocycles. The molecule has 1 aromatic heterocycles. The van der Waals surface area contributed by atoms with Crippen molar-refractivity contribution < 1.29 is 9.53 Å². The number of amides is 1. The molecule has 0 aliphatic rings. The first kappa shape index (κ1) is 18.7. The van der Waals surface area contributed by atoms with Crippen LogP contribution in [0.2, 0.25) is 0 Å². The molecule has 3 rings (SSSR count). The molecule has 5 heteroatoms. The normalized spacial score (nSPS) is 11.9. The Morgan fingerprint density at radius 3 is 2.41 bits per heavy atom. The smallest absolute Gasteiger partial charge is 0.258 e. The molecule has 0 bridgehead atoms. The van der Waals surface area contributed by atoms with Crippen LogP contribution in [0.5, 0.6) is 5.75 Å². The van der Waals surface area contributed by atoms with Gasteiger partial charge in [-0.25, -0.2) is 4.98 Å². The van der Waals surface area contributed by atoms with Gasteiger partial charge in [0.2, 0.25) is 0 Å². The fraction of sp³-hybridized carbons (Fsp3) is 0.273. The van der Waals surface area contributed by atoms with Gasteiger partial charge < -0.3 is 14.6 Å². The number of ether oxygens (including phenoxy) is 1. The zero-order valence-electron chi connectivity index (χ0n) is 16.2. The summed E-state index contributed by atoms with van der Waals surface area (Å²) in [6, 6.07) is 12.1. The highest BCUT2D eigenvalue weighted by Crippen LogP contribution is 2.24. The Morgan fingerprint density at radius 2 is 1.81 bits per heavy atom. The summed E-state index contributed by atoms with van der Waals surface area (Å²) in [6.45, 7) is 8.01. The number of hydrogen-bond donors (Lipinski definition) is 1. The van der Waals surface area contributed by atoms with Crippen LogP contribution in [0, 0.1) is 20.8 Å². The van der Waals surface area contributed by atoms with Crippen molar-refractivity contribution in [3.63, 3.8) is 0 Å². The Balaban J connectivity index is 1.58. The van der Waals surface area contributed by atoms with Gasteiger partial charge in [0.1, 0.15) is 5.75 Å². The molecule has 27 heavy (non-hydrogen) atoms. The van der Waals surface area contributed by atoms with Crippen molar-refractivity contribution in [2.45, 2.75) is 33.7 Å². The van der Waals surface area contributed by atoms with E-state index in [1.807, 2.05) is 55.8 Å². The van der Waals surface area contributed by atoms with Gasteiger partial charge >= 0.3 is 0 Å². The van der Waals surface area contributed by atoms with Crippen LogP contribution in [0.25, 0.3) is 5.69 Å². The van der Waals surface area contributed by atoms with Crippen LogP contribution >= 0.6 is 0 Å². The summed E-state index contributed by atoms with van der Waals surface area (Å²) >= 11 is 0. The molecule has 1 amide bonds. The average molecular weight is 363 g/mol. The van der Waals surface area contributed by atoms with Gasteiger partial charge in [0.25, 0.3) is 5.91 Å². The summed E-state index contributed by atoms with van der Waals surface area (Å²) in [5.74, 6) is 0.647. The molecule has 3 aromatic rings. The average Bonchev–Trinajstić information content (AvgIpc) is 3.15. The number of aromatic nitrogens is 2. The van der Waals surface area contributed by atoms with Crippen molar-refractivity contribution in [2.75, 3.05) is 6.61 Å². The standard InChI is InChI=1S/C22H25N3O2/c1-15-11-16(2)22(17(3)12-15)27-13-21(26)24-18(4)19-5-7-20(8-6-19)25-10-9-23-14-25/h5-12,14,18H,13H2,1-4H3,(H,24,26)/t18-/m0/s1. The van der Waals surface area contributed by atoms with E-state index in [0.717, 1.165) is 28.1 Å². The third-order valence-corrected chi connectivity index (χ3v) is 4.53. The zero-order valence-corrected chi connectivity index (χ0v) is 16.2. The molecule has 0 spiro atoms. The second-order valence-corrected chi connectivity index (χ2v) is 6.87. The highest BCUT2D eigenvalue weighted by atomic mass is 16.5. The third-order valence-electron chi connectivity index (χ3n) is 4.53. The topological polar surface area (TPSA) is 56.1 Å². The molecule has 0 radical (unpaired) electrons. The van der Waals surface area contributed by atoms with Gasteiger partial charge in [-0.15, -0.1) is 0 Å². The van der Waals surface area contributed by atoms with Crippen molar-refractivity contribution in [3.05, 3.63) is 77.4 Å². The van der Waals surface area contributed by atoms with E-state index in [1.54, 1.807) is 12.5 Å². The van der Waals surface area contributed by atoms with E-state index in [-0.39, 0.29) is 18.6 Å². The van der Waals surface area contributed by atoms with Crippen molar-refractivity contribution in [1.29, 1.82) is 0 Å². The number of aryl methyl sites for hydroxylation is 3. The van der Waals surface area contributed by atoms with Crippen LogP contribution in [0.1, 0.15) is 35.2 Å². The minimum absolute atomic E-state index is 0.00218. The Bertz CT molecular complexity index is 892. The number of benzene rings is 2. The van der Waals surface area contributed by atoms with Gasteiger partial charge in [-0.2, -0.15) is 0 Å². The molecule has 0 fully saturated rings. The van der Waals surface area contributed by atoms with Gasteiger partial charge in [-0.05, 0) is 56.5 Å². The molecule has 0 aliphatic carbocycles. The van der Waals surface area contributed by atoms with E-state index in [9.17, 15) is 4.79 Å². The van der Waals surface area contributed by atoms with Gasteiger partial charge in [-0.3, -0.25) is 4.79 Å². The third kappa shape index (κ3) is 4.56. The number of rotatable bonds is 6. The number of nitrogens with one attached hydrogen (secondary N) is 1. The summed E-state index contributed by atoms with van der Waals surface area (Å²) in [5.41, 5.74) is 5.35. The lowest BCUT2D eigenvalue weighted by molar-refractivity contribution is -0.123. The number of nitrogens with zero attached hydrogens (tertiary/aromatic N) is 2. The molecular formula is C22H25N3O2. The number of carbonyl (C=O) groups is 1. The molecule has 0 unspecified atom stereocenters. The fourth-order valence-electron chi connectivity index (χ4n) is 3.25. The lowest BCUT2D eigenvalue weighted by Crippen LogP contribution is -2.31. The Hall–Kier alpha value is -3.08. The first-order chi connectivity index (χ1) is 12.9. The SMILES string of the molecule is Cc1cc(C)c(OCC(=O)N[C@@H](C)c2ccc(-n3ccnc3)cc2)c(C)c1. The molecular weight excluding hydrogens is 338 g/mol. The van der Waals surface area contributed by atoms with Crippen molar-refractivity contribution >= 4 is 5.91 Å². The van der Waals surface area contributed by atoms with E-state index in [1.165, 1.54) is 5.56 Å². The maximum Gasteiger partial charge on any atom is 0.258 e. The summed E-state index contributed by atoms with van der Waals surface area (Å²) in [6.07, 6.45) is 5.40. The Morgan fingerprint density at radius 1 is 1.15 bits per heavy atom. The van der Waals surface area contributed by atoms with E-state index in [2.05, 4.69) is 29.4 Å². The monoisotopic (exact) mass is 363 g/mol. The minimum Gasteiger partial charge on any atom is -0.483 e. The van der Waals surface area contributed by atoms with Crippen LogP contribution in [-0.4, -0.2) is 22.1 Å². The van der Waals surface area contributed by atoms with E-state index in [4.69, 9.17) is 4.74 Å². The van der Waals surface area contributed by atoms with E-state index < -0.39 is 0 Å². The van der Waals surface area contributed by atoms with Crippen LogP contribution < -0.4 is 10.1 Å². The maximum atomic E-state index is 12.3. The van der Waals surface area contributed by atoms with Crippen molar-refractivity contribution in [3.8, 4) is 11.4 Å². The molecule has 0 saturated heterocycles. The van der Waals surface area contributed by atoms with Crippen LogP contribution in [-0.2, 0) is 4.79 Å². The maximum absolute atomic E-state index is 12.3. The lowest BCUT2D eigenvalue weighted by atomic mass is 10.1. The van der Waals surface area contributed by atoms with Gasteiger partial charge in [0, 0.05) is 18.1 Å². The second kappa shape index (κ2) is 8.08. The van der Waals surface area contributed by atoms with Crippen LogP contribution in [0.3, 0.4) is 0 Å². The highest BCUT2D eigenvalue weighted by Gasteiger charge is 2.12. The van der Waals surface area contributed by atoms with Crippen molar-refractivity contribution in [2.24, 2.45) is 0 Å². The number of imidazole rings is 1. The molecule has 1 heterocycles. The highest BCUT2D eigenvalue weighted by molar-refractivity contribution is 5.78. The first-order valence-electron chi connectivity index (χ1n) is 9.02. The van der Waals surface area contributed by atoms with Crippen molar-refractivity contribution in [1.82, 2.24) is 14.9 Å². The predicted molar refractivity (Wildman–Crippen MR) is 106 cm³/mol.